The van der Waals surface area contributed by atoms with Gasteiger partial charge < -0.3 is 10.4 Å². The molecule has 0 heterocycles. The van der Waals surface area contributed by atoms with Crippen LogP contribution < -0.4 is 5.32 Å². The van der Waals surface area contributed by atoms with E-state index in [0.717, 1.165) is 5.92 Å². The van der Waals surface area contributed by atoms with Gasteiger partial charge in [0.2, 0.25) is 0 Å². The number of hydrogen-bond acceptors (Lipinski definition) is 3. The first-order valence-corrected chi connectivity index (χ1v) is 4.02. The van der Waals surface area contributed by atoms with Crippen LogP contribution >= 0.6 is 0 Å². The summed E-state index contributed by atoms with van der Waals surface area (Å²) in [5.74, 6) is 0.833. The second kappa shape index (κ2) is 10.2. The van der Waals surface area contributed by atoms with E-state index in [9.17, 15) is 0 Å². The standard InChI is InChI=1S/C5H10N2O.C4H10/c1-6-3-5(4-8)7-2;1-4(2)3/h3,6,8H,2,4H2,1H3;4H,1-3H3/b5-3-;. The van der Waals surface area contributed by atoms with Crippen molar-refractivity contribution in [1.82, 2.24) is 5.32 Å². The van der Waals surface area contributed by atoms with Gasteiger partial charge in [0.1, 0.15) is 0 Å². The lowest BCUT2D eigenvalue weighted by atomic mass is 10.3. The first-order valence-electron chi connectivity index (χ1n) is 4.02. The molecule has 12 heavy (non-hydrogen) atoms. The minimum absolute atomic E-state index is 0.0651. The molecule has 0 saturated heterocycles. The molecule has 0 aliphatic carbocycles. The lowest BCUT2D eigenvalue weighted by Crippen LogP contribution is -1.97. The number of aliphatic hydroxyl groups is 1. The molecule has 0 bridgehead atoms. The largest absolute Gasteiger partial charge is 0.392 e. The molecule has 0 aromatic heterocycles. The number of rotatable bonds is 3. The van der Waals surface area contributed by atoms with E-state index >= 15 is 0 Å². The van der Waals surface area contributed by atoms with Crippen molar-refractivity contribution in [3.05, 3.63) is 11.9 Å². The van der Waals surface area contributed by atoms with E-state index in [2.05, 4.69) is 37.8 Å². The molecule has 0 aromatic rings. The summed E-state index contributed by atoms with van der Waals surface area (Å²) < 4.78 is 0. The van der Waals surface area contributed by atoms with Crippen LogP contribution in [0.2, 0.25) is 0 Å². The highest BCUT2D eigenvalue weighted by Gasteiger charge is 1.83. The first kappa shape index (κ1) is 13.7. The van der Waals surface area contributed by atoms with Crippen LogP contribution in [0.3, 0.4) is 0 Å². The third-order valence-corrected chi connectivity index (χ3v) is 0.676. The van der Waals surface area contributed by atoms with Crippen LogP contribution in [0.15, 0.2) is 16.9 Å². The molecular formula is C9H20N2O. The van der Waals surface area contributed by atoms with Gasteiger partial charge in [-0.15, -0.1) is 0 Å². The van der Waals surface area contributed by atoms with Crippen LogP contribution in [-0.2, 0) is 0 Å². The van der Waals surface area contributed by atoms with Crippen molar-refractivity contribution in [2.24, 2.45) is 10.9 Å². The van der Waals surface area contributed by atoms with Crippen LogP contribution in [-0.4, -0.2) is 25.5 Å². The Hall–Kier alpha value is -0.830. The Morgan fingerprint density at radius 1 is 1.58 bits per heavy atom. The molecule has 0 atom stereocenters. The highest BCUT2D eigenvalue weighted by molar-refractivity contribution is 5.28. The Bertz CT molecular complexity index is 128. The molecule has 0 amide bonds. The Labute approximate surface area is 75.2 Å². The summed E-state index contributed by atoms with van der Waals surface area (Å²) in [5, 5.41) is 11.1. The van der Waals surface area contributed by atoms with Crippen LogP contribution in [0.5, 0.6) is 0 Å². The van der Waals surface area contributed by atoms with E-state index in [1.54, 1.807) is 13.2 Å². The van der Waals surface area contributed by atoms with Gasteiger partial charge in [-0.25, -0.2) is 0 Å². The third-order valence-electron chi connectivity index (χ3n) is 0.676. The molecule has 0 saturated carbocycles. The topological polar surface area (TPSA) is 44.6 Å². The Morgan fingerprint density at radius 2 is 2.00 bits per heavy atom. The van der Waals surface area contributed by atoms with Crippen molar-refractivity contribution < 1.29 is 5.11 Å². The fraction of sp³-hybridized carbons (Fsp3) is 0.667. The summed E-state index contributed by atoms with van der Waals surface area (Å²) >= 11 is 0. The maximum atomic E-state index is 8.42. The van der Waals surface area contributed by atoms with Gasteiger partial charge in [-0.05, 0) is 12.6 Å². The Balaban J connectivity index is 0. The average Bonchev–Trinajstić information content (AvgIpc) is 1.99. The summed E-state index contributed by atoms with van der Waals surface area (Å²) in [6, 6.07) is 0. The molecule has 3 heteroatoms. The third kappa shape index (κ3) is 16.1. The SMILES string of the molecule is C=N/C(=C\NC)CO.CC(C)C. The molecule has 0 radical (unpaired) electrons. The smallest absolute Gasteiger partial charge is 0.0867 e. The molecular weight excluding hydrogens is 152 g/mol. The summed E-state index contributed by atoms with van der Waals surface area (Å²) in [5.41, 5.74) is 0.549. The van der Waals surface area contributed by atoms with E-state index in [-0.39, 0.29) is 6.61 Å². The van der Waals surface area contributed by atoms with Gasteiger partial charge in [-0.1, -0.05) is 20.8 Å². The van der Waals surface area contributed by atoms with Gasteiger partial charge in [-0.2, -0.15) is 0 Å². The minimum Gasteiger partial charge on any atom is -0.392 e. The number of aliphatic hydroxyl groups excluding tert-OH is 1. The summed E-state index contributed by atoms with van der Waals surface area (Å²) in [6.45, 7) is 9.67. The summed E-state index contributed by atoms with van der Waals surface area (Å²) in [7, 11) is 1.74. The summed E-state index contributed by atoms with van der Waals surface area (Å²) in [6.07, 6.45) is 1.59. The van der Waals surface area contributed by atoms with Gasteiger partial charge >= 0.3 is 0 Å². The molecule has 0 unspecified atom stereocenters. The highest BCUT2D eigenvalue weighted by atomic mass is 16.3. The van der Waals surface area contributed by atoms with Crippen molar-refractivity contribution in [1.29, 1.82) is 0 Å². The van der Waals surface area contributed by atoms with Gasteiger partial charge in [0.25, 0.3) is 0 Å². The molecule has 0 aliphatic rings. The zero-order valence-corrected chi connectivity index (χ0v) is 8.46. The molecule has 0 aromatic carbocycles. The van der Waals surface area contributed by atoms with Gasteiger partial charge in [-0.3, -0.25) is 4.99 Å². The van der Waals surface area contributed by atoms with Crippen LogP contribution in [0.4, 0.5) is 0 Å². The lowest BCUT2D eigenvalue weighted by Gasteiger charge is -1.91. The first-order chi connectivity index (χ1) is 5.58. The second-order valence-corrected chi connectivity index (χ2v) is 2.97. The van der Waals surface area contributed by atoms with Crippen LogP contribution in [0.25, 0.3) is 0 Å². The average molecular weight is 172 g/mol. The van der Waals surface area contributed by atoms with Crippen molar-refractivity contribution in [2.75, 3.05) is 13.7 Å². The van der Waals surface area contributed by atoms with Crippen molar-refractivity contribution >= 4 is 6.72 Å². The predicted molar refractivity (Wildman–Crippen MR) is 54.3 cm³/mol. The van der Waals surface area contributed by atoms with Gasteiger partial charge in [0.15, 0.2) is 0 Å². The molecule has 0 spiro atoms. The van der Waals surface area contributed by atoms with E-state index in [1.807, 2.05) is 0 Å². The normalized spacial score (nSPS) is 10.3. The van der Waals surface area contributed by atoms with Gasteiger partial charge in [0, 0.05) is 13.2 Å². The van der Waals surface area contributed by atoms with E-state index in [4.69, 9.17) is 5.11 Å². The quantitative estimate of drug-likeness (QED) is 0.632. The molecule has 0 fully saturated rings. The van der Waals surface area contributed by atoms with Crippen LogP contribution in [0, 0.1) is 5.92 Å². The highest BCUT2D eigenvalue weighted by Crippen LogP contribution is 1.87. The maximum Gasteiger partial charge on any atom is 0.0867 e. The van der Waals surface area contributed by atoms with E-state index in [1.165, 1.54) is 0 Å². The molecule has 0 rings (SSSR count). The fourth-order valence-electron chi connectivity index (χ4n) is 0.308. The Kier molecular flexibility index (Phi) is 11.6. The molecule has 2 N–H and O–H groups in total. The molecule has 0 aliphatic heterocycles. The van der Waals surface area contributed by atoms with E-state index < -0.39 is 0 Å². The maximum absolute atomic E-state index is 8.42. The zero-order valence-electron chi connectivity index (χ0n) is 8.46. The molecule has 3 nitrogen and oxygen atoms in total. The van der Waals surface area contributed by atoms with Crippen molar-refractivity contribution in [2.45, 2.75) is 20.8 Å². The zero-order chi connectivity index (χ0) is 9.98. The van der Waals surface area contributed by atoms with Crippen molar-refractivity contribution in [3.8, 4) is 0 Å². The Morgan fingerprint density at radius 3 is 2.08 bits per heavy atom. The van der Waals surface area contributed by atoms with E-state index in [0.29, 0.717) is 5.70 Å². The monoisotopic (exact) mass is 172 g/mol. The number of aliphatic imine (C=N–C) groups is 1. The van der Waals surface area contributed by atoms with Crippen LogP contribution in [0.1, 0.15) is 20.8 Å². The molecule has 72 valence electrons. The summed E-state index contributed by atoms with van der Waals surface area (Å²) in [4.78, 5) is 3.49. The minimum atomic E-state index is -0.0651. The van der Waals surface area contributed by atoms with Gasteiger partial charge in [0.05, 0.1) is 12.3 Å². The lowest BCUT2D eigenvalue weighted by molar-refractivity contribution is 0.329. The fourth-order valence-corrected chi connectivity index (χ4v) is 0.308. The second-order valence-electron chi connectivity index (χ2n) is 2.97. The predicted octanol–water partition coefficient (Wildman–Crippen LogP) is 1.40. The number of nitrogens with zero attached hydrogens (tertiary/aromatic N) is 1. The number of nitrogens with one attached hydrogen (secondary N) is 1. The van der Waals surface area contributed by atoms with Crippen molar-refractivity contribution in [3.63, 3.8) is 0 Å². The number of hydrogen-bond donors (Lipinski definition) is 2.